The van der Waals surface area contributed by atoms with E-state index < -0.39 is 11.3 Å². The molecule has 0 bridgehead atoms. The molecule has 3 heteroatoms. The summed E-state index contributed by atoms with van der Waals surface area (Å²) in [6.45, 7) is 7.94. The first-order chi connectivity index (χ1) is 5.71. The topological polar surface area (TPSA) is 12.0 Å². The van der Waals surface area contributed by atoms with Gasteiger partial charge in [0.05, 0.1) is 0 Å². The molecule has 0 spiro atoms. The van der Waals surface area contributed by atoms with Crippen LogP contribution in [-0.2, 0) is 0 Å². The highest BCUT2D eigenvalue weighted by molar-refractivity contribution is 5.01. The highest BCUT2D eigenvalue weighted by Crippen LogP contribution is 2.53. The van der Waals surface area contributed by atoms with Crippen molar-refractivity contribution in [3.05, 3.63) is 0 Å². The quantitative estimate of drug-likeness (QED) is 0.672. The van der Waals surface area contributed by atoms with Crippen LogP contribution in [0.3, 0.4) is 0 Å². The van der Waals surface area contributed by atoms with Gasteiger partial charge in [0.2, 0.25) is 0 Å². The minimum atomic E-state index is -2.60. The van der Waals surface area contributed by atoms with Crippen LogP contribution in [0.2, 0.25) is 0 Å². The van der Waals surface area contributed by atoms with Crippen LogP contribution in [0.15, 0.2) is 0 Å². The smallest absolute Gasteiger partial charge is 0.251 e. The van der Waals surface area contributed by atoms with Crippen LogP contribution in [0.25, 0.3) is 0 Å². The zero-order chi connectivity index (χ0) is 10.3. The molecule has 1 saturated heterocycles. The third kappa shape index (κ3) is 1.58. The first-order valence-corrected chi connectivity index (χ1v) is 4.79. The molecule has 1 heterocycles. The van der Waals surface area contributed by atoms with E-state index in [4.69, 9.17) is 0 Å². The maximum Gasteiger partial charge on any atom is 0.251 e. The molecule has 13 heavy (non-hydrogen) atoms. The highest BCUT2D eigenvalue weighted by atomic mass is 19.3. The molecule has 0 aromatic rings. The molecule has 0 aromatic carbocycles. The van der Waals surface area contributed by atoms with Gasteiger partial charge in [0.1, 0.15) is 0 Å². The fourth-order valence-electron chi connectivity index (χ4n) is 2.09. The second-order valence-corrected chi connectivity index (χ2v) is 5.03. The molecule has 1 rings (SSSR count). The summed E-state index contributed by atoms with van der Waals surface area (Å²) in [7, 11) is 0. The Kier molecular flexibility index (Phi) is 2.44. The van der Waals surface area contributed by atoms with E-state index in [2.05, 4.69) is 5.32 Å². The van der Waals surface area contributed by atoms with E-state index in [0.717, 1.165) is 6.92 Å². The van der Waals surface area contributed by atoms with Crippen LogP contribution in [0, 0.1) is 10.8 Å². The van der Waals surface area contributed by atoms with Gasteiger partial charge in [-0.1, -0.05) is 20.8 Å². The molecule has 1 fully saturated rings. The Morgan fingerprint density at radius 2 is 1.77 bits per heavy atom. The molecule has 1 unspecified atom stereocenters. The Balaban J connectivity index is 2.98. The van der Waals surface area contributed by atoms with Gasteiger partial charge in [-0.15, -0.1) is 0 Å². The second-order valence-electron chi connectivity index (χ2n) is 5.03. The summed E-state index contributed by atoms with van der Waals surface area (Å²) in [5.41, 5.74) is -1.23. The van der Waals surface area contributed by atoms with Gasteiger partial charge >= 0.3 is 0 Å². The zero-order valence-electron chi connectivity index (χ0n) is 8.88. The largest absolute Gasteiger partial charge is 0.316 e. The first-order valence-electron chi connectivity index (χ1n) is 4.79. The molecule has 1 atom stereocenters. The number of piperidine rings is 1. The van der Waals surface area contributed by atoms with E-state index in [-0.39, 0.29) is 5.41 Å². The average Bonchev–Trinajstić information content (AvgIpc) is 1.93. The lowest BCUT2D eigenvalue weighted by molar-refractivity contribution is -0.167. The van der Waals surface area contributed by atoms with E-state index in [1.54, 1.807) is 6.92 Å². The minimum Gasteiger partial charge on any atom is -0.316 e. The fourth-order valence-corrected chi connectivity index (χ4v) is 2.09. The van der Waals surface area contributed by atoms with Crippen molar-refractivity contribution in [3.8, 4) is 0 Å². The summed E-state index contributed by atoms with van der Waals surface area (Å²) in [5, 5.41) is 3.17. The van der Waals surface area contributed by atoms with Gasteiger partial charge in [-0.2, -0.15) is 0 Å². The van der Waals surface area contributed by atoms with Gasteiger partial charge in [0, 0.05) is 12.0 Å². The highest BCUT2D eigenvalue weighted by Gasteiger charge is 2.56. The van der Waals surface area contributed by atoms with Gasteiger partial charge in [-0.25, -0.2) is 8.78 Å². The normalized spacial score (nSPS) is 34.6. The van der Waals surface area contributed by atoms with Crippen molar-refractivity contribution >= 4 is 0 Å². The predicted octanol–water partition coefficient (Wildman–Crippen LogP) is 2.67. The van der Waals surface area contributed by atoms with Gasteiger partial charge in [0.15, 0.2) is 0 Å². The van der Waals surface area contributed by atoms with E-state index in [0.29, 0.717) is 19.5 Å². The average molecular weight is 191 g/mol. The monoisotopic (exact) mass is 191 g/mol. The van der Waals surface area contributed by atoms with Crippen molar-refractivity contribution in [3.63, 3.8) is 0 Å². The van der Waals surface area contributed by atoms with Gasteiger partial charge < -0.3 is 5.32 Å². The molecular formula is C10H19F2N. The Morgan fingerprint density at radius 1 is 1.23 bits per heavy atom. The van der Waals surface area contributed by atoms with Crippen LogP contribution in [0.1, 0.15) is 34.1 Å². The van der Waals surface area contributed by atoms with E-state index in [9.17, 15) is 8.78 Å². The lowest BCUT2D eigenvalue weighted by Gasteiger charge is -2.51. The Labute approximate surface area is 78.9 Å². The number of rotatable bonds is 1. The number of alkyl halides is 2. The van der Waals surface area contributed by atoms with Crippen LogP contribution in [-0.4, -0.2) is 19.0 Å². The van der Waals surface area contributed by atoms with Crippen LogP contribution >= 0.6 is 0 Å². The van der Waals surface area contributed by atoms with Crippen LogP contribution in [0.5, 0.6) is 0 Å². The van der Waals surface area contributed by atoms with E-state index in [1.807, 2.05) is 13.8 Å². The lowest BCUT2D eigenvalue weighted by Crippen LogP contribution is -2.57. The molecule has 1 N–H and O–H groups in total. The number of hydrogen-bond acceptors (Lipinski definition) is 1. The molecule has 0 aliphatic carbocycles. The van der Waals surface area contributed by atoms with Crippen molar-refractivity contribution in [1.29, 1.82) is 0 Å². The number of hydrogen-bond donors (Lipinski definition) is 1. The lowest BCUT2D eigenvalue weighted by atomic mass is 9.60. The fraction of sp³-hybridized carbons (Fsp3) is 1.00. The summed E-state index contributed by atoms with van der Waals surface area (Å²) < 4.78 is 26.9. The molecule has 1 aliphatic rings. The summed E-state index contributed by atoms with van der Waals surface area (Å²) >= 11 is 0. The van der Waals surface area contributed by atoms with Crippen molar-refractivity contribution in [2.45, 2.75) is 40.0 Å². The molecule has 1 nitrogen and oxygen atoms in total. The van der Waals surface area contributed by atoms with Gasteiger partial charge in [-0.05, 0) is 25.3 Å². The van der Waals surface area contributed by atoms with E-state index in [1.165, 1.54) is 0 Å². The third-order valence-corrected chi connectivity index (χ3v) is 3.83. The molecular weight excluding hydrogens is 172 g/mol. The predicted molar refractivity (Wildman–Crippen MR) is 50.0 cm³/mol. The van der Waals surface area contributed by atoms with Crippen molar-refractivity contribution in [2.24, 2.45) is 10.8 Å². The Bertz CT molecular complexity index is 196. The maximum absolute atomic E-state index is 13.5. The molecule has 0 radical (unpaired) electrons. The van der Waals surface area contributed by atoms with Crippen LogP contribution < -0.4 is 5.32 Å². The summed E-state index contributed by atoms with van der Waals surface area (Å²) in [6.07, 6.45) is 0.545. The minimum absolute atomic E-state index is 0.344. The zero-order valence-corrected chi connectivity index (χ0v) is 8.88. The maximum atomic E-state index is 13.5. The number of nitrogens with one attached hydrogen (secondary N) is 1. The standard InChI is InChI=1S/C10H19F2N/c1-8(2)7-13-6-5-9(8,3)10(4,11)12/h13H,5-7H2,1-4H3. The van der Waals surface area contributed by atoms with Crippen molar-refractivity contribution < 1.29 is 8.78 Å². The van der Waals surface area contributed by atoms with Gasteiger partial charge in [0.25, 0.3) is 5.92 Å². The molecule has 1 aliphatic heterocycles. The third-order valence-electron chi connectivity index (χ3n) is 3.83. The SMILES string of the molecule is CC(F)(F)C1(C)CCNCC1(C)C. The van der Waals surface area contributed by atoms with Crippen molar-refractivity contribution in [1.82, 2.24) is 5.32 Å². The summed E-state index contributed by atoms with van der Waals surface area (Å²) in [4.78, 5) is 0. The van der Waals surface area contributed by atoms with E-state index >= 15 is 0 Å². The summed E-state index contributed by atoms with van der Waals surface area (Å²) in [6, 6.07) is 0. The Hall–Kier alpha value is -0.180. The number of halogens is 2. The molecule has 78 valence electrons. The van der Waals surface area contributed by atoms with Crippen LogP contribution in [0.4, 0.5) is 8.78 Å². The van der Waals surface area contributed by atoms with Gasteiger partial charge in [-0.3, -0.25) is 0 Å². The Morgan fingerprint density at radius 3 is 2.08 bits per heavy atom. The molecule has 0 amide bonds. The second kappa shape index (κ2) is 2.91. The first kappa shape index (κ1) is 10.9. The van der Waals surface area contributed by atoms with Crippen molar-refractivity contribution in [2.75, 3.05) is 13.1 Å². The molecule has 0 saturated carbocycles. The summed E-state index contributed by atoms with van der Waals surface area (Å²) in [5.74, 6) is -2.60. The molecule has 0 aromatic heterocycles.